The Kier molecular flexibility index (Phi) is 6.48. The Hall–Kier alpha value is -2.94. The van der Waals surface area contributed by atoms with E-state index in [1.54, 1.807) is 0 Å². The molecule has 39 heavy (non-hydrogen) atoms. The molecule has 4 heterocycles. The van der Waals surface area contributed by atoms with Gasteiger partial charge in [0.05, 0.1) is 22.9 Å². The number of rotatable bonds is 3. The molecule has 1 saturated carbocycles. The van der Waals surface area contributed by atoms with Crippen molar-refractivity contribution in [2.75, 3.05) is 6.54 Å². The van der Waals surface area contributed by atoms with Gasteiger partial charge in [-0.05, 0) is 78.7 Å². The molecule has 3 aliphatic rings. The van der Waals surface area contributed by atoms with Gasteiger partial charge in [-0.25, -0.2) is 14.8 Å². The van der Waals surface area contributed by atoms with Crippen LogP contribution in [0.5, 0.6) is 0 Å². The van der Waals surface area contributed by atoms with E-state index in [2.05, 4.69) is 21.6 Å². The van der Waals surface area contributed by atoms with Crippen molar-refractivity contribution in [3.8, 4) is 11.5 Å². The molecule has 0 radical (unpaired) electrons. The molecule has 9 nitrogen and oxygen atoms in total. The Morgan fingerprint density at radius 1 is 1.18 bits per heavy atom. The van der Waals surface area contributed by atoms with Crippen molar-refractivity contribution in [2.45, 2.75) is 109 Å². The molecule has 1 saturated heterocycles. The lowest BCUT2D eigenvalue weighted by Crippen LogP contribution is -2.43. The molecule has 1 spiro atoms. The predicted molar refractivity (Wildman–Crippen MR) is 147 cm³/mol. The highest BCUT2D eigenvalue weighted by molar-refractivity contribution is 6.34. The molecule has 0 aromatic carbocycles. The first-order valence-corrected chi connectivity index (χ1v) is 14.5. The van der Waals surface area contributed by atoms with Crippen molar-refractivity contribution >= 4 is 34.5 Å². The predicted octanol–water partition coefficient (Wildman–Crippen LogP) is 6.42. The first kappa shape index (κ1) is 26.3. The fraction of sp³-hybridized carbons (Fsp3) is 0.621. The number of amides is 1. The van der Waals surface area contributed by atoms with Crippen LogP contribution in [0.4, 0.5) is 4.79 Å². The zero-order chi connectivity index (χ0) is 27.5. The van der Waals surface area contributed by atoms with Gasteiger partial charge < -0.3 is 18.7 Å². The Balaban J connectivity index is 1.36. The number of Topliss-reactive ketones (excluding diaryl/α,β-unsaturated/α-hetero) is 1. The van der Waals surface area contributed by atoms with Gasteiger partial charge in [0.25, 0.3) is 0 Å². The van der Waals surface area contributed by atoms with Crippen molar-refractivity contribution in [1.82, 2.24) is 24.6 Å². The number of fused-ring (bicyclic) bond motifs is 3. The van der Waals surface area contributed by atoms with E-state index in [0.717, 1.165) is 62.3 Å². The number of nitrogens with zero attached hydrogens (tertiary/aromatic N) is 5. The van der Waals surface area contributed by atoms with Crippen molar-refractivity contribution in [3.05, 3.63) is 28.7 Å². The summed E-state index contributed by atoms with van der Waals surface area (Å²) in [6.07, 6.45) is 9.30. The molecule has 2 fully saturated rings. The SMILES string of the molecule is CC([C@@H]1CCCN1C(=O)OC(C)(C)C)n1ccc2c(Cl)nc(-c3noc4c3CCC[C@@]43CCCCC3=O)nc21. The maximum absolute atomic E-state index is 13.1. The van der Waals surface area contributed by atoms with Gasteiger partial charge in [0, 0.05) is 24.7 Å². The van der Waals surface area contributed by atoms with Gasteiger partial charge >= 0.3 is 6.09 Å². The molecule has 0 N–H and O–H groups in total. The normalized spacial score (nSPS) is 24.4. The van der Waals surface area contributed by atoms with Crippen LogP contribution in [0.3, 0.4) is 0 Å². The van der Waals surface area contributed by atoms with E-state index in [4.69, 9.17) is 25.8 Å². The highest BCUT2D eigenvalue weighted by Gasteiger charge is 2.48. The number of carbonyl (C=O) groups excluding carboxylic acids is 2. The third-order valence-electron chi connectivity index (χ3n) is 8.70. The minimum atomic E-state index is -0.562. The van der Waals surface area contributed by atoms with Crippen LogP contribution < -0.4 is 0 Å². The number of carbonyl (C=O) groups is 2. The van der Waals surface area contributed by atoms with Gasteiger partial charge in [0.15, 0.2) is 17.3 Å². The number of ketones is 1. The van der Waals surface area contributed by atoms with Gasteiger partial charge in [-0.2, -0.15) is 0 Å². The van der Waals surface area contributed by atoms with Crippen molar-refractivity contribution in [2.24, 2.45) is 0 Å². The van der Waals surface area contributed by atoms with E-state index in [9.17, 15) is 9.59 Å². The molecule has 208 valence electrons. The summed E-state index contributed by atoms with van der Waals surface area (Å²) in [6, 6.07) is 1.81. The van der Waals surface area contributed by atoms with Gasteiger partial charge in [0.1, 0.15) is 22.2 Å². The highest BCUT2D eigenvalue weighted by Crippen LogP contribution is 2.47. The second-order valence-corrected chi connectivity index (χ2v) is 12.7. The lowest BCUT2D eigenvalue weighted by molar-refractivity contribution is -0.128. The van der Waals surface area contributed by atoms with Crippen molar-refractivity contribution < 1.29 is 18.8 Å². The lowest BCUT2D eigenvalue weighted by Gasteiger charge is -2.36. The summed E-state index contributed by atoms with van der Waals surface area (Å²) in [5.74, 6) is 1.37. The van der Waals surface area contributed by atoms with Crippen LogP contribution in [-0.2, 0) is 21.4 Å². The van der Waals surface area contributed by atoms with Crippen LogP contribution in [0.25, 0.3) is 22.6 Å². The van der Waals surface area contributed by atoms with E-state index >= 15 is 0 Å². The molecule has 1 unspecified atom stereocenters. The van der Waals surface area contributed by atoms with Gasteiger partial charge in [0.2, 0.25) is 0 Å². The summed E-state index contributed by atoms with van der Waals surface area (Å²) in [4.78, 5) is 37.4. The third-order valence-corrected chi connectivity index (χ3v) is 8.99. The summed E-state index contributed by atoms with van der Waals surface area (Å²) < 4.78 is 13.7. The van der Waals surface area contributed by atoms with E-state index in [-0.39, 0.29) is 24.0 Å². The summed E-state index contributed by atoms with van der Waals surface area (Å²) in [5.41, 5.74) is 1.08. The zero-order valence-electron chi connectivity index (χ0n) is 23.1. The largest absolute Gasteiger partial charge is 0.444 e. The molecule has 10 heteroatoms. The number of likely N-dealkylation sites (tertiary alicyclic amines) is 1. The molecule has 3 aromatic rings. The van der Waals surface area contributed by atoms with Gasteiger partial charge in [-0.15, -0.1) is 0 Å². The second-order valence-electron chi connectivity index (χ2n) is 12.3. The van der Waals surface area contributed by atoms with Crippen LogP contribution in [0, 0.1) is 0 Å². The Morgan fingerprint density at radius 3 is 2.74 bits per heavy atom. The molecule has 0 bridgehead atoms. The quantitative estimate of drug-likeness (QED) is 0.345. The van der Waals surface area contributed by atoms with E-state index in [0.29, 0.717) is 41.0 Å². The monoisotopic (exact) mass is 553 g/mol. The average molecular weight is 554 g/mol. The summed E-state index contributed by atoms with van der Waals surface area (Å²) in [7, 11) is 0. The molecule has 2 aliphatic carbocycles. The number of hydrogen-bond donors (Lipinski definition) is 0. The molecular weight excluding hydrogens is 518 g/mol. The van der Waals surface area contributed by atoms with Crippen LogP contribution in [-0.4, -0.2) is 54.7 Å². The summed E-state index contributed by atoms with van der Waals surface area (Å²) in [5, 5.41) is 5.50. The molecular formula is C29H36ClN5O4. The molecule has 3 aromatic heterocycles. The fourth-order valence-electron chi connectivity index (χ4n) is 6.83. The maximum atomic E-state index is 13.1. The minimum absolute atomic E-state index is 0.0374. The first-order chi connectivity index (χ1) is 18.6. The lowest BCUT2D eigenvalue weighted by atomic mass is 9.64. The Bertz CT molecular complexity index is 1440. The van der Waals surface area contributed by atoms with Crippen LogP contribution in [0.15, 0.2) is 16.8 Å². The van der Waals surface area contributed by atoms with Crippen LogP contribution in [0.1, 0.15) is 96.4 Å². The third kappa shape index (κ3) is 4.42. The van der Waals surface area contributed by atoms with Crippen LogP contribution >= 0.6 is 11.6 Å². The Morgan fingerprint density at radius 2 is 1.97 bits per heavy atom. The molecule has 1 amide bonds. The van der Waals surface area contributed by atoms with Gasteiger partial charge in [-0.3, -0.25) is 4.79 Å². The fourth-order valence-corrected chi connectivity index (χ4v) is 7.05. The summed E-state index contributed by atoms with van der Waals surface area (Å²) in [6.45, 7) is 8.41. The van der Waals surface area contributed by atoms with Crippen molar-refractivity contribution in [1.29, 1.82) is 0 Å². The zero-order valence-corrected chi connectivity index (χ0v) is 23.9. The minimum Gasteiger partial charge on any atom is -0.444 e. The number of ether oxygens (including phenoxy) is 1. The maximum Gasteiger partial charge on any atom is 0.410 e. The Labute approximate surface area is 233 Å². The first-order valence-electron chi connectivity index (χ1n) is 14.2. The van der Waals surface area contributed by atoms with E-state index in [1.165, 1.54) is 0 Å². The number of halogens is 1. The standard InChI is InChI=1S/C29H36ClN5O4/c1-17(20-10-8-15-35(20)27(37)38-28(2,3)4)34-16-12-19-24(30)31-25(32-26(19)34)22-18-9-7-14-29(23(18)39-33-22)13-6-5-11-21(29)36/h12,16-17,20H,5-11,13-15H2,1-4H3/t17?,20-,29+/m0/s1. The second kappa shape index (κ2) is 9.61. The van der Waals surface area contributed by atoms with E-state index in [1.807, 2.05) is 37.9 Å². The van der Waals surface area contributed by atoms with Crippen LogP contribution in [0.2, 0.25) is 5.15 Å². The number of aromatic nitrogens is 4. The van der Waals surface area contributed by atoms with E-state index < -0.39 is 11.0 Å². The van der Waals surface area contributed by atoms with Crippen molar-refractivity contribution in [3.63, 3.8) is 0 Å². The number of hydrogen-bond acceptors (Lipinski definition) is 7. The van der Waals surface area contributed by atoms with Gasteiger partial charge in [-0.1, -0.05) is 23.2 Å². The smallest absolute Gasteiger partial charge is 0.410 e. The average Bonchev–Trinajstić information content (AvgIpc) is 3.63. The highest BCUT2D eigenvalue weighted by atomic mass is 35.5. The molecule has 1 aliphatic heterocycles. The topological polar surface area (TPSA) is 103 Å². The molecule has 3 atom stereocenters. The summed E-state index contributed by atoms with van der Waals surface area (Å²) >= 11 is 6.70. The molecule has 6 rings (SSSR count).